The van der Waals surface area contributed by atoms with E-state index in [1.165, 1.54) is 16.7 Å². The van der Waals surface area contributed by atoms with Crippen LogP contribution in [0.25, 0.3) is 0 Å². The van der Waals surface area contributed by atoms with Gasteiger partial charge in [-0.15, -0.1) is 0 Å². The topological polar surface area (TPSA) is 202 Å². The minimum atomic E-state index is -3.82. The molecule has 206 valence electrons. The minimum Gasteiger partial charge on any atom is -0.467 e. The van der Waals surface area contributed by atoms with E-state index in [2.05, 4.69) is 4.98 Å². The average Bonchev–Trinajstić information content (AvgIpc) is 3.18. The van der Waals surface area contributed by atoms with E-state index in [0.29, 0.717) is 26.3 Å². The molecule has 3 rings (SSSR count). The number of aliphatic hydroxyl groups excluding tert-OH is 1. The number of rotatable bonds is 5. The normalized spacial score (nSPS) is 23.0. The highest BCUT2D eigenvalue weighted by Crippen LogP contribution is 2.31. The Hall–Kier alpha value is -2.24. The number of sulfonamides is 1. The van der Waals surface area contributed by atoms with Crippen LogP contribution in [0.1, 0.15) is 26.5 Å². The van der Waals surface area contributed by atoms with Crippen LogP contribution in [0.5, 0.6) is 5.19 Å². The van der Waals surface area contributed by atoms with Crippen LogP contribution in [0.2, 0.25) is 0 Å². The van der Waals surface area contributed by atoms with E-state index >= 15 is 0 Å². The van der Waals surface area contributed by atoms with Gasteiger partial charge in [0.1, 0.15) is 18.8 Å². The Bertz CT molecular complexity index is 1010. The third-order valence-corrected chi connectivity index (χ3v) is 8.08. The number of carbonyl (C=O) groups is 2. The summed E-state index contributed by atoms with van der Waals surface area (Å²) in [5, 5.41) is 32.4. The van der Waals surface area contributed by atoms with E-state index in [0.717, 1.165) is 11.3 Å². The number of morpholine rings is 2. The molecule has 0 aromatic carbocycles. The summed E-state index contributed by atoms with van der Waals surface area (Å²) in [6.07, 6.45) is -2.80. The first-order valence-electron chi connectivity index (χ1n) is 11.1. The van der Waals surface area contributed by atoms with Crippen molar-refractivity contribution in [3.8, 4) is 5.19 Å². The molecule has 0 saturated carbocycles. The monoisotopic (exact) mass is 554 g/mol. The van der Waals surface area contributed by atoms with Crippen molar-refractivity contribution in [2.24, 2.45) is 10.6 Å². The fraction of sp³-hybridized carbons (Fsp3) is 0.750. The zero-order chi connectivity index (χ0) is 27.3. The van der Waals surface area contributed by atoms with Gasteiger partial charge in [0.25, 0.3) is 5.19 Å². The van der Waals surface area contributed by atoms with Gasteiger partial charge in [0, 0.05) is 13.1 Å². The molecule has 2 saturated heterocycles. The highest BCUT2D eigenvalue weighted by Gasteiger charge is 2.42. The number of hydrogen-bond donors (Lipinski definition) is 4. The van der Waals surface area contributed by atoms with Gasteiger partial charge in [0.2, 0.25) is 10.0 Å². The quantitative estimate of drug-likeness (QED) is 0.397. The van der Waals surface area contributed by atoms with Crippen molar-refractivity contribution >= 4 is 33.5 Å². The van der Waals surface area contributed by atoms with Crippen molar-refractivity contribution in [2.75, 3.05) is 46.1 Å². The number of primary sulfonamides is 1. The van der Waals surface area contributed by atoms with Gasteiger partial charge in [-0.2, -0.15) is 0 Å². The average molecular weight is 555 g/mol. The molecule has 0 bridgehead atoms. The number of nitrogens with two attached hydrogens (primary N) is 1. The van der Waals surface area contributed by atoms with Crippen molar-refractivity contribution in [2.45, 2.75) is 50.2 Å². The highest BCUT2D eigenvalue weighted by atomic mass is 32.2. The molecule has 16 heteroatoms. The van der Waals surface area contributed by atoms with E-state index in [4.69, 9.17) is 29.6 Å². The lowest BCUT2D eigenvalue weighted by Gasteiger charge is -2.45. The first kappa shape index (κ1) is 30.0. The number of aryl methyl sites for hydroxylation is 1. The fourth-order valence-corrected chi connectivity index (χ4v) is 5.77. The summed E-state index contributed by atoms with van der Waals surface area (Å²) in [4.78, 5) is 28.5. The molecule has 0 radical (unpaired) electrons. The van der Waals surface area contributed by atoms with Gasteiger partial charge >= 0.3 is 12.2 Å². The van der Waals surface area contributed by atoms with Crippen LogP contribution in [0.15, 0.2) is 4.21 Å². The van der Waals surface area contributed by atoms with Crippen LogP contribution >= 0.6 is 11.3 Å². The standard InChI is InChI=1S/C10H15N3O6S2.C10H19NO4/c1-6-8(21(11,16)17)20-9(12-6)19-5-7-4-13(10(14)15)2-3-18-7;1-10(2,3)8-7(6-12)15-5-4-11(8)9(13)14/h7H,2-5H2,1H3,(H,14,15)(H2,11,16,17);7-8,12H,4-6H2,1-3H3,(H,13,14)/t;7?,8-/m.1/s1. The van der Waals surface area contributed by atoms with Crippen LogP contribution < -0.4 is 9.88 Å². The van der Waals surface area contributed by atoms with Crippen molar-refractivity contribution in [1.82, 2.24) is 14.8 Å². The number of aliphatic hydroxyl groups is 1. The zero-order valence-electron chi connectivity index (χ0n) is 20.6. The first-order chi connectivity index (χ1) is 16.6. The third-order valence-electron chi connectivity index (χ3n) is 5.46. The first-order valence-corrected chi connectivity index (χ1v) is 13.5. The molecule has 2 amide bonds. The van der Waals surface area contributed by atoms with Crippen LogP contribution in [0, 0.1) is 12.3 Å². The lowest BCUT2D eigenvalue weighted by Crippen LogP contribution is -2.59. The smallest absolute Gasteiger partial charge is 0.407 e. The third kappa shape index (κ3) is 8.14. The number of carboxylic acid groups (broad SMARTS) is 2. The van der Waals surface area contributed by atoms with Crippen LogP contribution in [0.3, 0.4) is 0 Å². The van der Waals surface area contributed by atoms with E-state index < -0.39 is 34.4 Å². The maximum atomic E-state index is 11.3. The predicted octanol–water partition coefficient (Wildman–Crippen LogP) is 0.629. The van der Waals surface area contributed by atoms with E-state index in [-0.39, 0.29) is 46.3 Å². The highest BCUT2D eigenvalue weighted by molar-refractivity contribution is 7.91. The van der Waals surface area contributed by atoms with Crippen molar-refractivity contribution in [3.05, 3.63) is 5.69 Å². The van der Waals surface area contributed by atoms with E-state index in [9.17, 15) is 23.1 Å². The molecule has 0 spiro atoms. The molecule has 14 nitrogen and oxygen atoms in total. The lowest BCUT2D eigenvalue weighted by molar-refractivity contribution is -0.111. The molecule has 1 aromatic rings. The second-order valence-corrected chi connectivity index (χ2v) is 12.0. The van der Waals surface area contributed by atoms with Gasteiger partial charge in [0.05, 0.1) is 38.1 Å². The van der Waals surface area contributed by atoms with Gasteiger partial charge in [-0.1, -0.05) is 32.1 Å². The Kier molecular flexibility index (Phi) is 10.3. The minimum absolute atomic E-state index is 0.0470. The number of ether oxygens (including phenoxy) is 3. The van der Waals surface area contributed by atoms with Gasteiger partial charge in [-0.3, -0.25) is 4.90 Å². The van der Waals surface area contributed by atoms with Crippen molar-refractivity contribution in [3.63, 3.8) is 0 Å². The SMILES string of the molecule is CC(C)(C)[C@H]1C(CO)OCCN1C(=O)O.Cc1nc(OCC2CN(C(=O)O)CCO2)sc1S(N)(=O)=O. The molecule has 1 aromatic heterocycles. The zero-order valence-corrected chi connectivity index (χ0v) is 22.2. The van der Waals surface area contributed by atoms with Gasteiger partial charge in [-0.25, -0.2) is 28.1 Å². The Labute approximate surface area is 213 Å². The van der Waals surface area contributed by atoms with Gasteiger partial charge < -0.3 is 34.4 Å². The van der Waals surface area contributed by atoms with Crippen molar-refractivity contribution in [1.29, 1.82) is 0 Å². The molecule has 36 heavy (non-hydrogen) atoms. The summed E-state index contributed by atoms with van der Waals surface area (Å²) in [5.74, 6) is 0. The molecule has 2 fully saturated rings. The Morgan fingerprint density at radius 2 is 1.83 bits per heavy atom. The number of nitrogens with zero attached hydrogens (tertiary/aromatic N) is 3. The van der Waals surface area contributed by atoms with Crippen LogP contribution in [0.4, 0.5) is 9.59 Å². The largest absolute Gasteiger partial charge is 0.467 e. The maximum absolute atomic E-state index is 11.3. The summed E-state index contributed by atoms with van der Waals surface area (Å²) in [7, 11) is -3.82. The van der Waals surface area contributed by atoms with Crippen molar-refractivity contribution < 1.29 is 47.5 Å². The summed E-state index contributed by atoms with van der Waals surface area (Å²) in [5.41, 5.74) is 0.0286. The molecule has 0 aliphatic carbocycles. The van der Waals surface area contributed by atoms with E-state index in [1.54, 1.807) is 0 Å². The molecule has 3 atom stereocenters. The molecule has 2 aliphatic heterocycles. The Balaban J connectivity index is 0.000000269. The second kappa shape index (κ2) is 12.3. The summed E-state index contributed by atoms with van der Waals surface area (Å²) < 4.78 is 38.7. The number of hydrogen-bond acceptors (Lipinski definition) is 10. The molecular formula is C20H34N4O10S2. The number of amides is 2. The van der Waals surface area contributed by atoms with Crippen LogP contribution in [-0.4, -0.2) is 115 Å². The van der Waals surface area contributed by atoms with Crippen LogP contribution in [-0.2, 0) is 19.5 Å². The summed E-state index contributed by atoms with van der Waals surface area (Å²) >= 11 is 0.830. The fourth-order valence-electron chi connectivity index (χ4n) is 3.97. The summed E-state index contributed by atoms with van der Waals surface area (Å²) in [6.45, 7) is 8.83. The molecular weight excluding hydrogens is 520 g/mol. The van der Waals surface area contributed by atoms with E-state index in [1.807, 2.05) is 20.8 Å². The summed E-state index contributed by atoms with van der Waals surface area (Å²) in [6, 6.07) is -0.297. The maximum Gasteiger partial charge on any atom is 0.407 e. The predicted molar refractivity (Wildman–Crippen MR) is 128 cm³/mol. The molecule has 2 aliphatic rings. The molecule has 2 unspecified atom stereocenters. The molecule has 5 N–H and O–H groups in total. The lowest BCUT2D eigenvalue weighted by atomic mass is 9.81. The van der Waals surface area contributed by atoms with Gasteiger partial charge in [-0.05, 0) is 12.3 Å². The molecule has 3 heterocycles. The Morgan fingerprint density at radius 1 is 1.19 bits per heavy atom. The number of thiazole rings is 1. The van der Waals surface area contributed by atoms with Gasteiger partial charge in [0.15, 0.2) is 4.21 Å². The Morgan fingerprint density at radius 3 is 2.33 bits per heavy atom. The number of aromatic nitrogens is 1. The second-order valence-electron chi connectivity index (χ2n) is 9.31.